The lowest BCUT2D eigenvalue weighted by atomic mass is 9.70. The molecule has 4 aliphatic rings. The van der Waals surface area contributed by atoms with E-state index in [2.05, 4.69) is 25.9 Å². The number of aromatic nitrogens is 4. The lowest BCUT2D eigenvalue weighted by Gasteiger charge is -2.36. The molecular weight excluding hydrogens is 806 g/mol. The van der Waals surface area contributed by atoms with Crippen molar-refractivity contribution in [3.05, 3.63) is 138 Å². The van der Waals surface area contributed by atoms with Gasteiger partial charge in [0.05, 0.1) is 23.4 Å². The van der Waals surface area contributed by atoms with Crippen LogP contribution < -0.4 is 11.1 Å². The summed E-state index contributed by atoms with van der Waals surface area (Å²) in [6.07, 6.45) is -6.82. The van der Waals surface area contributed by atoms with Crippen molar-refractivity contribution < 1.29 is 43.9 Å². The largest absolute Gasteiger partial charge is 0.416 e. The molecule has 0 unspecified atom stereocenters. The number of hydrogen-bond donors (Lipinski definition) is 1. The van der Waals surface area contributed by atoms with Gasteiger partial charge in [0.2, 0.25) is 0 Å². The smallest absolute Gasteiger partial charge is 0.294 e. The topological polar surface area (TPSA) is 64.7 Å². The van der Waals surface area contributed by atoms with Crippen molar-refractivity contribution in [2.75, 3.05) is 0 Å². The van der Waals surface area contributed by atoms with Gasteiger partial charge < -0.3 is 0 Å². The molecule has 322 valence electrons. The Balaban J connectivity index is 0.000000201. The van der Waals surface area contributed by atoms with E-state index in [1.165, 1.54) is 15.4 Å². The van der Waals surface area contributed by atoms with Crippen LogP contribution >= 0.6 is 0 Å². The number of alkyl halides is 6. The van der Waals surface area contributed by atoms with Gasteiger partial charge in [-0.25, -0.2) is 26.9 Å². The molecule has 4 bridgehead atoms. The van der Waals surface area contributed by atoms with Gasteiger partial charge in [0.25, 0.3) is 11.1 Å². The molecule has 3 aromatic carbocycles. The summed E-state index contributed by atoms with van der Waals surface area (Å²) < 4.78 is 140. The summed E-state index contributed by atoms with van der Waals surface area (Å²) in [7, 11) is 0. The zero-order chi connectivity index (χ0) is 43.2. The molecule has 0 aliphatic heterocycles. The van der Waals surface area contributed by atoms with Crippen molar-refractivity contribution in [1.82, 2.24) is 19.1 Å². The van der Waals surface area contributed by atoms with Crippen LogP contribution in [0.5, 0.6) is 0 Å². The number of H-pyrrole nitrogens is 1. The highest BCUT2D eigenvalue weighted by Gasteiger charge is 2.63. The molecule has 2 heterocycles. The molecule has 0 spiro atoms. The maximum absolute atomic E-state index is 14.9. The van der Waals surface area contributed by atoms with Crippen LogP contribution in [0.3, 0.4) is 0 Å². The molecule has 0 radical (unpaired) electrons. The van der Waals surface area contributed by atoms with Crippen LogP contribution in [0.15, 0.2) is 64.2 Å². The van der Waals surface area contributed by atoms with E-state index in [9.17, 15) is 53.5 Å². The Hall–Kier alpha value is -5.02. The van der Waals surface area contributed by atoms with Crippen molar-refractivity contribution in [3.8, 4) is 11.4 Å². The van der Waals surface area contributed by atoms with Crippen molar-refractivity contribution in [1.29, 1.82) is 0 Å². The number of fused-ring (bicyclic) bond motifs is 10. The van der Waals surface area contributed by atoms with Gasteiger partial charge >= 0.3 is 12.4 Å². The zero-order valence-corrected chi connectivity index (χ0v) is 32.8. The molecule has 1 N–H and O–H groups in total. The highest BCUT2D eigenvalue weighted by atomic mass is 19.4. The Morgan fingerprint density at radius 2 is 1.13 bits per heavy atom. The van der Waals surface area contributed by atoms with Gasteiger partial charge in [-0.2, -0.15) is 26.3 Å². The first kappa shape index (κ1) is 43.1. The molecule has 6 nitrogen and oxygen atoms in total. The summed E-state index contributed by atoms with van der Waals surface area (Å²) in [5, 5.41) is 3.11. The summed E-state index contributed by atoms with van der Waals surface area (Å²) in [4.78, 5) is 26.5. The molecule has 2 aromatic heterocycles. The Labute approximate surface area is 338 Å². The molecule has 0 amide bonds. The fraction of sp³-hybridized carbons (Fsp3) is 0.455. The Morgan fingerprint density at radius 3 is 1.63 bits per heavy atom. The average molecular weight is 851 g/mol. The van der Waals surface area contributed by atoms with Crippen LogP contribution in [0.25, 0.3) is 11.4 Å². The van der Waals surface area contributed by atoms with E-state index in [1.54, 1.807) is 0 Å². The van der Waals surface area contributed by atoms with Gasteiger partial charge in [-0.3, -0.25) is 19.4 Å². The van der Waals surface area contributed by atoms with Gasteiger partial charge in [-0.15, -0.1) is 0 Å². The third-order valence-corrected chi connectivity index (χ3v) is 14.6. The molecule has 60 heavy (non-hydrogen) atoms. The molecule has 4 aliphatic carbocycles. The highest BCUT2D eigenvalue weighted by Crippen LogP contribution is 2.68. The minimum Gasteiger partial charge on any atom is -0.294 e. The molecule has 2 fully saturated rings. The van der Waals surface area contributed by atoms with Crippen LogP contribution in [0.4, 0.5) is 43.9 Å². The van der Waals surface area contributed by atoms with Crippen LogP contribution in [-0.4, -0.2) is 19.1 Å². The predicted octanol–water partition coefficient (Wildman–Crippen LogP) is 11.4. The summed E-state index contributed by atoms with van der Waals surface area (Å²) in [5.41, 5.74) is -3.08. The number of nitrogens with one attached hydrogen (secondary N) is 1. The van der Waals surface area contributed by atoms with Crippen molar-refractivity contribution in [3.63, 3.8) is 0 Å². The summed E-state index contributed by atoms with van der Waals surface area (Å²) in [6, 6.07) is 7.01. The number of halogens is 10. The van der Waals surface area contributed by atoms with Gasteiger partial charge in [0.15, 0.2) is 11.6 Å². The first-order valence-electron chi connectivity index (χ1n) is 19.1. The molecule has 4 atom stereocenters. The van der Waals surface area contributed by atoms with Gasteiger partial charge in [-0.1, -0.05) is 49.0 Å². The first-order valence-corrected chi connectivity index (χ1v) is 19.1. The summed E-state index contributed by atoms with van der Waals surface area (Å²) in [5.74, 6) is -3.42. The third kappa shape index (κ3) is 5.96. The third-order valence-electron chi connectivity index (χ3n) is 14.6. The number of rotatable bonds is 4. The first-order chi connectivity index (χ1) is 27.2. The normalized spacial score (nSPS) is 24.2. The van der Waals surface area contributed by atoms with Crippen LogP contribution in [-0.2, 0) is 29.7 Å². The number of benzene rings is 3. The molecule has 9 rings (SSSR count). The minimum absolute atomic E-state index is 0. The van der Waals surface area contributed by atoms with E-state index in [0.717, 1.165) is 53.0 Å². The van der Waals surface area contributed by atoms with Gasteiger partial charge in [-0.05, 0) is 96.4 Å². The second-order valence-corrected chi connectivity index (χ2v) is 17.9. The number of nitrogens with zero attached hydrogens (tertiary/aromatic N) is 3. The van der Waals surface area contributed by atoms with Crippen molar-refractivity contribution in [2.24, 2.45) is 10.8 Å². The number of hydrogen-bond acceptors (Lipinski definition) is 2. The lowest BCUT2D eigenvalue weighted by Crippen LogP contribution is -2.36. The molecule has 16 heteroatoms. The second kappa shape index (κ2) is 13.5. The Morgan fingerprint density at radius 1 is 0.650 bits per heavy atom. The van der Waals surface area contributed by atoms with E-state index in [-0.39, 0.29) is 58.7 Å². The van der Waals surface area contributed by atoms with E-state index in [1.807, 2.05) is 20.8 Å². The zero-order valence-electron chi connectivity index (χ0n) is 32.8. The monoisotopic (exact) mass is 850 g/mol. The molecule has 5 aromatic rings. The van der Waals surface area contributed by atoms with Gasteiger partial charge in [0.1, 0.15) is 23.0 Å². The maximum atomic E-state index is 14.9. The van der Waals surface area contributed by atoms with Crippen LogP contribution in [0.1, 0.15) is 126 Å². The van der Waals surface area contributed by atoms with E-state index in [0.29, 0.717) is 42.3 Å². The minimum atomic E-state index is -5.05. The standard InChI is InChI=1S/C26H22F8N2O.C17H18F2N2O.CH4/c1-23(2)17-6-7-24(23,3)21-20(17)22(37)36(19-5-4-16(27)11-18(19)28)35(21)12-13-8-14(25(29,30)31)10-15(9-13)26(32,33)34;1-16(2)10-6-7-17(16,3)14-13(10)15(22)21(20-14)12-5-4-9(18)8-11(12)19;/h4-5,8-11,17H,6-7,12H2,1-3H3;4-5,8,10,20H,6-7H2,1-3H3;1H4/t17-,24+;10-,17+;/m11./s1. The molecule has 0 saturated heterocycles. The Bertz CT molecular complexity index is 2650. The van der Waals surface area contributed by atoms with E-state index < -0.39 is 69.7 Å². The Kier molecular flexibility index (Phi) is 9.69. The summed E-state index contributed by atoms with van der Waals surface area (Å²) >= 11 is 0. The highest BCUT2D eigenvalue weighted by molar-refractivity contribution is 5.49. The number of aromatic amines is 1. The van der Waals surface area contributed by atoms with Crippen LogP contribution in [0.2, 0.25) is 0 Å². The fourth-order valence-electron chi connectivity index (χ4n) is 10.7. The van der Waals surface area contributed by atoms with E-state index in [4.69, 9.17) is 0 Å². The molecule has 2 saturated carbocycles. The quantitative estimate of drug-likeness (QED) is 0.183. The molecular formula is C44H44F10N4O2. The van der Waals surface area contributed by atoms with Crippen molar-refractivity contribution >= 4 is 0 Å². The lowest BCUT2D eigenvalue weighted by molar-refractivity contribution is -0.143. The maximum Gasteiger partial charge on any atom is 0.416 e. The van der Waals surface area contributed by atoms with Crippen LogP contribution in [0, 0.1) is 34.1 Å². The fourth-order valence-corrected chi connectivity index (χ4v) is 10.7. The van der Waals surface area contributed by atoms with E-state index >= 15 is 0 Å². The second-order valence-electron chi connectivity index (χ2n) is 17.9. The van der Waals surface area contributed by atoms with Gasteiger partial charge in [0, 0.05) is 39.8 Å². The van der Waals surface area contributed by atoms with Crippen molar-refractivity contribution in [2.45, 2.75) is 116 Å². The summed E-state index contributed by atoms with van der Waals surface area (Å²) in [6.45, 7) is 11.8. The average Bonchev–Trinajstić information content (AvgIpc) is 3.84. The predicted molar refractivity (Wildman–Crippen MR) is 205 cm³/mol. The SMILES string of the molecule is C.CC1(C)[C@@H]2CC[C@@]1(C)c1[nH]n(-c3ccc(F)cc3F)c(=O)c12.CC1(C)[C@@H]2CC[C@@]1(C)c1c2c(=O)n(-c2ccc(F)cc2F)n1Cc1cc(C(F)(F)F)cc(C(F)(F)F)c1.